The summed E-state index contributed by atoms with van der Waals surface area (Å²) in [6, 6.07) is 2.93. The molecular formula is C18H20N4O7. The first-order valence-electron chi connectivity index (χ1n) is 8.71. The highest BCUT2D eigenvalue weighted by atomic mass is 16.7. The molecule has 2 aromatic heterocycles. The number of carbonyl (C=O) groups is 1. The quantitative estimate of drug-likeness (QED) is 0.631. The second-order valence-corrected chi connectivity index (χ2v) is 6.40. The number of aromatic nitrogens is 4. The number of nitrogens with zero attached hydrogens (tertiary/aromatic N) is 3. The van der Waals surface area contributed by atoms with E-state index in [1.165, 1.54) is 33.3 Å². The molecule has 0 spiro atoms. The number of aromatic amines is 1. The summed E-state index contributed by atoms with van der Waals surface area (Å²) in [7, 11) is 2.87. The van der Waals surface area contributed by atoms with Gasteiger partial charge in [0.1, 0.15) is 5.52 Å². The molecule has 1 aromatic carbocycles. The van der Waals surface area contributed by atoms with Gasteiger partial charge in [-0.1, -0.05) is 5.21 Å². The average molecular weight is 404 g/mol. The Morgan fingerprint density at radius 3 is 2.34 bits per heavy atom. The summed E-state index contributed by atoms with van der Waals surface area (Å²) in [4.78, 5) is 40.2. The van der Waals surface area contributed by atoms with Gasteiger partial charge in [-0.15, -0.1) is 5.10 Å². The van der Waals surface area contributed by atoms with Gasteiger partial charge < -0.3 is 23.9 Å². The molecule has 0 radical (unpaired) electrons. The monoisotopic (exact) mass is 404 g/mol. The van der Waals surface area contributed by atoms with Gasteiger partial charge in [-0.3, -0.25) is 9.59 Å². The van der Waals surface area contributed by atoms with Crippen LogP contribution in [-0.4, -0.2) is 46.5 Å². The molecule has 0 bridgehead atoms. The number of fused-ring (bicyclic) bond motifs is 2. The van der Waals surface area contributed by atoms with Crippen LogP contribution in [0.5, 0.6) is 11.5 Å². The lowest BCUT2D eigenvalue weighted by Crippen LogP contribution is -2.21. The third-order valence-corrected chi connectivity index (χ3v) is 4.08. The van der Waals surface area contributed by atoms with Crippen molar-refractivity contribution in [2.24, 2.45) is 0 Å². The van der Waals surface area contributed by atoms with E-state index in [2.05, 4.69) is 15.3 Å². The molecule has 1 unspecified atom stereocenters. The van der Waals surface area contributed by atoms with Crippen LogP contribution in [0.3, 0.4) is 0 Å². The Balaban J connectivity index is 2.25. The zero-order chi connectivity index (χ0) is 21.3. The minimum absolute atomic E-state index is 0.127. The smallest absolute Gasteiger partial charge is 0.493 e. The van der Waals surface area contributed by atoms with Crippen molar-refractivity contribution in [3.05, 3.63) is 32.7 Å². The molecule has 11 heteroatoms. The summed E-state index contributed by atoms with van der Waals surface area (Å²) in [5.41, 5.74) is -1.28. The molecule has 1 atom stereocenters. The fourth-order valence-electron chi connectivity index (χ4n) is 2.80. The maximum absolute atomic E-state index is 13.2. The lowest BCUT2D eigenvalue weighted by Gasteiger charge is -2.14. The molecule has 0 aliphatic heterocycles. The normalized spacial score (nSPS) is 12.2. The predicted octanol–water partition coefficient (Wildman–Crippen LogP) is 1.73. The molecule has 3 aromatic rings. The van der Waals surface area contributed by atoms with Crippen molar-refractivity contribution in [2.75, 3.05) is 14.2 Å². The first-order valence-corrected chi connectivity index (χ1v) is 8.71. The topological polar surface area (TPSA) is 135 Å². The van der Waals surface area contributed by atoms with Crippen molar-refractivity contribution in [2.45, 2.75) is 33.1 Å². The fraction of sp³-hybridized carbons (Fsp3) is 0.389. The van der Waals surface area contributed by atoms with Gasteiger partial charge in [0.05, 0.1) is 31.2 Å². The van der Waals surface area contributed by atoms with E-state index in [-0.39, 0.29) is 28.0 Å². The highest BCUT2D eigenvalue weighted by molar-refractivity contribution is 5.89. The van der Waals surface area contributed by atoms with Gasteiger partial charge >= 0.3 is 6.16 Å². The zero-order valence-corrected chi connectivity index (χ0v) is 16.5. The van der Waals surface area contributed by atoms with Gasteiger partial charge in [0.15, 0.2) is 23.2 Å². The second kappa shape index (κ2) is 7.78. The highest BCUT2D eigenvalue weighted by Gasteiger charge is 2.22. The van der Waals surface area contributed by atoms with E-state index < -0.39 is 23.4 Å². The number of H-pyrrole nitrogens is 1. The first-order chi connectivity index (χ1) is 13.8. The van der Waals surface area contributed by atoms with Gasteiger partial charge in [-0.05, 0) is 26.8 Å². The summed E-state index contributed by atoms with van der Waals surface area (Å²) in [6.45, 7) is 4.81. The lowest BCUT2D eigenvalue weighted by atomic mass is 10.2. The zero-order valence-electron chi connectivity index (χ0n) is 16.5. The molecule has 1 N–H and O–H groups in total. The van der Waals surface area contributed by atoms with Crippen LogP contribution in [0.2, 0.25) is 0 Å². The van der Waals surface area contributed by atoms with E-state index in [9.17, 15) is 14.4 Å². The molecule has 3 rings (SSSR count). The minimum Gasteiger partial charge on any atom is -0.493 e. The SMILES string of the molecule is COc1cc2[nH]c(=O)c3nnn(C(C)OC(=O)OC(C)C)c3c(=O)c2cc1OC. The van der Waals surface area contributed by atoms with Gasteiger partial charge in [0.25, 0.3) is 5.56 Å². The maximum atomic E-state index is 13.2. The van der Waals surface area contributed by atoms with Crippen LogP contribution < -0.4 is 20.5 Å². The van der Waals surface area contributed by atoms with Crippen LogP contribution in [0.25, 0.3) is 21.9 Å². The van der Waals surface area contributed by atoms with Crippen molar-refractivity contribution in [1.82, 2.24) is 20.0 Å². The highest BCUT2D eigenvalue weighted by Crippen LogP contribution is 2.30. The Labute approximate surface area is 164 Å². The Morgan fingerprint density at radius 2 is 1.72 bits per heavy atom. The van der Waals surface area contributed by atoms with Crippen molar-refractivity contribution < 1.29 is 23.7 Å². The van der Waals surface area contributed by atoms with Gasteiger partial charge in [0, 0.05) is 6.07 Å². The summed E-state index contributed by atoms with van der Waals surface area (Å²) in [5.74, 6) is 0.647. The molecule has 0 saturated heterocycles. The second-order valence-electron chi connectivity index (χ2n) is 6.40. The molecule has 0 fully saturated rings. The number of carbonyl (C=O) groups excluding carboxylic acids is 1. The van der Waals surface area contributed by atoms with Gasteiger partial charge in [-0.2, -0.15) is 0 Å². The fourth-order valence-corrected chi connectivity index (χ4v) is 2.80. The van der Waals surface area contributed by atoms with E-state index in [1.807, 2.05) is 0 Å². The number of methoxy groups -OCH3 is 2. The van der Waals surface area contributed by atoms with Gasteiger partial charge in [0.2, 0.25) is 5.43 Å². The van der Waals surface area contributed by atoms with Crippen molar-refractivity contribution in [3.8, 4) is 11.5 Å². The van der Waals surface area contributed by atoms with Gasteiger partial charge in [-0.25, -0.2) is 9.48 Å². The number of nitrogens with one attached hydrogen (secondary N) is 1. The number of ether oxygens (including phenoxy) is 4. The molecule has 154 valence electrons. The maximum Gasteiger partial charge on any atom is 0.510 e. The van der Waals surface area contributed by atoms with E-state index in [1.54, 1.807) is 13.8 Å². The Kier molecular flexibility index (Phi) is 5.39. The van der Waals surface area contributed by atoms with E-state index in [0.717, 1.165) is 4.68 Å². The summed E-state index contributed by atoms with van der Waals surface area (Å²) in [5, 5.41) is 7.76. The van der Waals surface area contributed by atoms with Crippen LogP contribution >= 0.6 is 0 Å². The summed E-state index contributed by atoms with van der Waals surface area (Å²) in [6.07, 6.45) is -2.37. The lowest BCUT2D eigenvalue weighted by molar-refractivity contribution is -0.0132. The number of hydrogen-bond acceptors (Lipinski definition) is 9. The van der Waals surface area contributed by atoms with Crippen molar-refractivity contribution in [1.29, 1.82) is 0 Å². The van der Waals surface area contributed by atoms with Crippen LogP contribution in [0.1, 0.15) is 27.0 Å². The third kappa shape index (κ3) is 3.71. The van der Waals surface area contributed by atoms with Crippen LogP contribution in [0.15, 0.2) is 21.7 Å². The van der Waals surface area contributed by atoms with Crippen molar-refractivity contribution in [3.63, 3.8) is 0 Å². The third-order valence-electron chi connectivity index (χ3n) is 4.08. The summed E-state index contributed by atoms with van der Waals surface area (Å²) >= 11 is 0. The Bertz CT molecular complexity index is 1200. The molecule has 0 aliphatic rings. The summed E-state index contributed by atoms with van der Waals surface area (Å²) < 4.78 is 21.6. The molecule has 0 saturated carbocycles. The number of hydrogen-bond donors (Lipinski definition) is 1. The van der Waals surface area contributed by atoms with E-state index in [4.69, 9.17) is 18.9 Å². The molecular weight excluding hydrogens is 384 g/mol. The average Bonchev–Trinajstić information content (AvgIpc) is 3.08. The van der Waals surface area contributed by atoms with Crippen molar-refractivity contribution >= 4 is 28.1 Å². The first kappa shape index (κ1) is 20.1. The van der Waals surface area contributed by atoms with Crippen LogP contribution in [-0.2, 0) is 9.47 Å². The van der Waals surface area contributed by atoms with E-state index >= 15 is 0 Å². The minimum atomic E-state index is -1.05. The van der Waals surface area contributed by atoms with Crippen LogP contribution in [0.4, 0.5) is 4.79 Å². The molecule has 2 heterocycles. The molecule has 29 heavy (non-hydrogen) atoms. The molecule has 0 aliphatic carbocycles. The standard InChI is InChI=1S/C18H20N4O7/c1-8(2)28-18(25)29-9(3)22-15-14(20-21-22)17(24)19-11-7-13(27-5)12(26-4)6-10(11)16(15)23/h6-9H,1-5H3,(H,19,24). The Hall–Kier alpha value is -3.63. The molecule has 11 nitrogen and oxygen atoms in total. The largest absolute Gasteiger partial charge is 0.510 e. The van der Waals surface area contributed by atoms with E-state index in [0.29, 0.717) is 11.5 Å². The Morgan fingerprint density at radius 1 is 1.07 bits per heavy atom. The number of benzene rings is 1. The number of rotatable bonds is 5. The molecule has 0 amide bonds. The van der Waals surface area contributed by atoms with Crippen LogP contribution in [0, 0.1) is 0 Å². The predicted molar refractivity (Wildman–Crippen MR) is 102 cm³/mol.